The minimum absolute atomic E-state index is 0.0657. The van der Waals surface area contributed by atoms with E-state index in [1.165, 1.54) is 0 Å². The van der Waals surface area contributed by atoms with Crippen LogP contribution in [0.4, 0.5) is 17.1 Å². The average molecular weight is 307 g/mol. The third kappa shape index (κ3) is 2.73. The summed E-state index contributed by atoms with van der Waals surface area (Å²) >= 11 is 0. The summed E-state index contributed by atoms with van der Waals surface area (Å²) in [7, 11) is 1.77. The van der Waals surface area contributed by atoms with Crippen molar-refractivity contribution >= 4 is 17.1 Å². The van der Waals surface area contributed by atoms with Gasteiger partial charge in [-0.1, -0.05) is 30.3 Å². The average Bonchev–Trinajstić information content (AvgIpc) is 2.62. The molecule has 1 atom stereocenters. The first-order chi connectivity index (χ1) is 11.1. The summed E-state index contributed by atoms with van der Waals surface area (Å²) in [5.74, 6) is 0. The summed E-state index contributed by atoms with van der Waals surface area (Å²) in [6.45, 7) is 1.96. The number of benzene rings is 1. The molecule has 116 valence electrons. The molecule has 0 amide bonds. The molecule has 0 bridgehead atoms. The number of rotatable bonds is 5. The quantitative estimate of drug-likeness (QED) is 0.734. The highest BCUT2D eigenvalue weighted by Crippen LogP contribution is 2.28. The van der Waals surface area contributed by atoms with E-state index in [0.717, 1.165) is 11.3 Å². The Balaban J connectivity index is 1.89. The molecule has 3 aromatic rings. The van der Waals surface area contributed by atoms with Crippen LogP contribution in [0.15, 0.2) is 64.4 Å². The molecule has 0 unspecified atom stereocenters. The molecule has 0 aliphatic rings. The van der Waals surface area contributed by atoms with Crippen LogP contribution in [-0.4, -0.2) is 12.0 Å². The minimum atomic E-state index is -0.469. The number of hydrogen-bond donors (Lipinski definition) is 1. The number of pyridine rings is 1. The Kier molecular flexibility index (Phi) is 3.93. The lowest BCUT2D eigenvalue weighted by Crippen LogP contribution is -2.40. The summed E-state index contributed by atoms with van der Waals surface area (Å²) in [5.41, 5.74) is 1.69. The normalized spacial score (nSPS) is 12.1. The lowest BCUT2D eigenvalue weighted by molar-refractivity contribution is 0.877. The van der Waals surface area contributed by atoms with Gasteiger partial charge in [-0.25, -0.2) is 0 Å². The Labute approximate surface area is 133 Å². The number of hydrogen-bond acceptors (Lipinski definition) is 5. The number of nitrogens with zero attached hydrogens (tertiary/aromatic N) is 2. The fraction of sp³-hybridized carbons (Fsp3) is 0.167. The molecule has 0 spiro atoms. The molecule has 3 rings (SSSR count). The molecule has 2 aromatic carbocycles. The highest BCUT2D eigenvalue weighted by molar-refractivity contribution is 5.80. The van der Waals surface area contributed by atoms with Crippen LogP contribution in [0.25, 0.3) is 0 Å². The zero-order chi connectivity index (χ0) is 16.4. The van der Waals surface area contributed by atoms with Gasteiger partial charge < -0.3 is 10.2 Å². The lowest BCUT2D eigenvalue weighted by atomic mass is 10.1. The van der Waals surface area contributed by atoms with Gasteiger partial charge in [0.05, 0.1) is 0 Å². The molecule has 0 fully saturated rings. The van der Waals surface area contributed by atoms with Crippen molar-refractivity contribution in [2.75, 3.05) is 17.3 Å². The number of nitrogens with one attached hydrogen (secondary N) is 1. The van der Waals surface area contributed by atoms with Crippen LogP contribution in [0.3, 0.4) is 0 Å². The Morgan fingerprint density at radius 1 is 1.00 bits per heavy atom. The Morgan fingerprint density at radius 3 is 2.30 bits per heavy atom. The zero-order valence-electron chi connectivity index (χ0n) is 13.0. The van der Waals surface area contributed by atoms with Crippen LogP contribution in [-0.2, 0) is 0 Å². The van der Waals surface area contributed by atoms with Gasteiger partial charge in [0, 0.05) is 31.2 Å². The van der Waals surface area contributed by atoms with Crippen molar-refractivity contribution in [2.24, 2.45) is 0 Å². The van der Waals surface area contributed by atoms with Crippen LogP contribution in [0, 0.1) is 0 Å². The van der Waals surface area contributed by atoms with Crippen LogP contribution in [0.2, 0.25) is 0 Å². The second kappa shape index (κ2) is 6.04. The fourth-order valence-corrected chi connectivity index (χ4v) is 2.57. The van der Waals surface area contributed by atoms with Crippen LogP contribution in [0.1, 0.15) is 18.5 Å². The molecule has 5 nitrogen and oxygen atoms in total. The molecule has 0 aliphatic carbocycles. The first-order valence-electron chi connectivity index (χ1n) is 7.38. The standard InChI is InChI=1S/C18H17N3O2/c1-12(13-6-4-3-5-7-13)20-15-16(18(23)17(15)22)21(2)14-8-10-19-11-9-14/h3-12,20H,1-2H3/t12-/m1/s1. The molecule has 0 saturated carbocycles. The van der Waals surface area contributed by atoms with E-state index in [0.29, 0.717) is 11.4 Å². The van der Waals surface area contributed by atoms with Gasteiger partial charge in [-0.3, -0.25) is 14.6 Å². The maximum absolute atomic E-state index is 12.0. The second-order valence-corrected chi connectivity index (χ2v) is 5.42. The molecular formula is C18H17N3O2. The van der Waals surface area contributed by atoms with E-state index in [1.807, 2.05) is 37.3 Å². The second-order valence-electron chi connectivity index (χ2n) is 5.42. The largest absolute Gasteiger partial charge is 0.373 e. The van der Waals surface area contributed by atoms with Crippen molar-refractivity contribution in [3.8, 4) is 0 Å². The predicted molar refractivity (Wildman–Crippen MR) is 92.1 cm³/mol. The summed E-state index contributed by atoms with van der Waals surface area (Å²) in [6, 6.07) is 13.3. The Morgan fingerprint density at radius 2 is 1.65 bits per heavy atom. The monoisotopic (exact) mass is 307 g/mol. The number of aromatic nitrogens is 1. The molecule has 1 N–H and O–H groups in total. The molecule has 1 aromatic heterocycles. The van der Waals surface area contributed by atoms with Crippen molar-refractivity contribution in [3.05, 3.63) is 80.9 Å². The molecule has 0 saturated heterocycles. The van der Waals surface area contributed by atoms with Crippen LogP contribution >= 0.6 is 0 Å². The van der Waals surface area contributed by atoms with Crippen molar-refractivity contribution in [1.82, 2.24) is 4.98 Å². The summed E-state index contributed by atoms with van der Waals surface area (Å²) in [4.78, 5) is 29.6. The SMILES string of the molecule is C[C@@H](Nc1c(N(C)c2ccncc2)c(=O)c1=O)c1ccccc1. The van der Waals surface area contributed by atoms with E-state index in [9.17, 15) is 9.59 Å². The van der Waals surface area contributed by atoms with Gasteiger partial charge in [0.1, 0.15) is 11.4 Å². The van der Waals surface area contributed by atoms with E-state index in [1.54, 1.807) is 36.5 Å². The molecule has 0 aliphatic heterocycles. The summed E-state index contributed by atoms with van der Waals surface area (Å²) in [5, 5.41) is 3.17. The van der Waals surface area contributed by atoms with E-state index in [4.69, 9.17) is 0 Å². The van der Waals surface area contributed by atoms with Crippen LogP contribution < -0.4 is 21.1 Å². The summed E-state index contributed by atoms with van der Waals surface area (Å²) in [6.07, 6.45) is 3.30. The van der Waals surface area contributed by atoms with Gasteiger partial charge in [-0.15, -0.1) is 0 Å². The molecule has 5 heteroatoms. The minimum Gasteiger partial charge on any atom is -0.373 e. The topological polar surface area (TPSA) is 62.3 Å². The third-order valence-corrected chi connectivity index (χ3v) is 3.93. The van der Waals surface area contributed by atoms with Crippen LogP contribution in [0.5, 0.6) is 0 Å². The first-order valence-corrected chi connectivity index (χ1v) is 7.38. The maximum atomic E-state index is 12.0. The Bertz CT molecular complexity index is 868. The van der Waals surface area contributed by atoms with Gasteiger partial charge in [0.2, 0.25) is 0 Å². The Hall–Kier alpha value is -2.95. The van der Waals surface area contributed by atoms with Gasteiger partial charge in [0.15, 0.2) is 0 Å². The predicted octanol–water partition coefficient (Wildman–Crippen LogP) is 2.62. The number of anilines is 3. The van der Waals surface area contributed by atoms with Gasteiger partial charge in [-0.05, 0) is 24.6 Å². The highest BCUT2D eigenvalue weighted by atomic mass is 16.2. The van der Waals surface area contributed by atoms with Crippen molar-refractivity contribution in [2.45, 2.75) is 13.0 Å². The zero-order valence-corrected chi connectivity index (χ0v) is 13.0. The maximum Gasteiger partial charge on any atom is 0.253 e. The van der Waals surface area contributed by atoms with E-state index in [2.05, 4.69) is 10.3 Å². The van der Waals surface area contributed by atoms with Crippen molar-refractivity contribution in [1.29, 1.82) is 0 Å². The molecule has 1 heterocycles. The van der Waals surface area contributed by atoms with E-state index >= 15 is 0 Å². The van der Waals surface area contributed by atoms with E-state index < -0.39 is 10.9 Å². The van der Waals surface area contributed by atoms with Gasteiger partial charge in [0.25, 0.3) is 10.9 Å². The smallest absolute Gasteiger partial charge is 0.253 e. The summed E-state index contributed by atoms with van der Waals surface area (Å²) < 4.78 is 0. The van der Waals surface area contributed by atoms with Crippen molar-refractivity contribution < 1.29 is 0 Å². The third-order valence-electron chi connectivity index (χ3n) is 3.93. The van der Waals surface area contributed by atoms with Gasteiger partial charge in [-0.2, -0.15) is 0 Å². The molecule has 0 radical (unpaired) electrons. The molecular weight excluding hydrogens is 290 g/mol. The highest BCUT2D eigenvalue weighted by Gasteiger charge is 2.26. The van der Waals surface area contributed by atoms with E-state index in [-0.39, 0.29) is 6.04 Å². The first kappa shape index (κ1) is 15.0. The van der Waals surface area contributed by atoms with Gasteiger partial charge >= 0.3 is 0 Å². The molecule has 23 heavy (non-hydrogen) atoms. The van der Waals surface area contributed by atoms with Crippen molar-refractivity contribution in [3.63, 3.8) is 0 Å². The lowest BCUT2D eigenvalue weighted by Gasteiger charge is -2.25. The fourth-order valence-electron chi connectivity index (χ4n) is 2.57.